The molecule has 1 atom stereocenters. The minimum atomic E-state index is -0.191. The number of rotatable bonds is 7. The molecular formula is C34H39NO9. The lowest BCUT2D eigenvalue weighted by Crippen LogP contribution is -2.32. The van der Waals surface area contributed by atoms with Gasteiger partial charge < -0.3 is 42.8 Å². The van der Waals surface area contributed by atoms with Crippen LogP contribution in [0.4, 0.5) is 5.69 Å². The molecule has 2 aromatic carbocycles. The summed E-state index contributed by atoms with van der Waals surface area (Å²) in [4.78, 5) is 14.3. The number of aromatic hydroxyl groups is 1. The van der Waals surface area contributed by atoms with Crippen molar-refractivity contribution in [2.45, 2.75) is 6.10 Å². The quantitative estimate of drug-likeness (QED) is 0.180. The van der Waals surface area contributed by atoms with E-state index in [0.29, 0.717) is 89.6 Å². The summed E-state index contributed by atoms with van der Waals surface area (Å²) in [6.07, 6.45) is 1.51. The molecule has 2 aromatic rings. The summed E-state index contributed by atoms with van der Waals surface area (Å²) in [5.74, 6) is 1.20. The summed E-state index contributed by atoms with van der Waals surface area (Å²) in [7, 11) is 1.64. The number of hydrogen-bond acceptors (Lipinski definition) is 10. The van der Waals surface area contributed by atoms with Crippen LogP contribution < -0.4 is 15.1 Å². The van der Waals surface area contributed by atoms with Crippen molar-refractivity contribution in [2.24, 2.45) is 0 Å². The van der Waals surface area contributed by atoms with Gasteiger partial charge in [-0.2, -0.15) is 0 Å². The summed E-state index contributed by atoms with van der Waals surface area (Å²) in [6.45, 7) is 8.96. The maximum atomic E-state index is 12.1. The van der Waals surface area contributed by atoms with Crippen LogP contribution in [0, 0.1) is 0 Å². The van der Waals surface area contributed by atoms with E-state index in [2.05, 4.69) is 11.5 Å². The Kier molecular flexibility index (Phi) is 11.2. The van der Waals surface area contributed by atoms with Gasteiger partial charge in [0.25, 0.3) is 0 Å². The first-order valence-electron chi connectivity index (χ1n) is 14.7. The minimum absolute atomic E-state index is 0.0786. The van der Waals surface area contributed by atoms with E-state index in [0.717, 1.165) is 27.8 Å². The van der Waals surface area contributed by atoms with Gasteiger partial charge in [-0.15, -0.1) is 6.58 Å². The maximum absolute atomic E-state index is 12.1. The van der Waals surface area contributed by atoms with Crippen LogP contribution in [0.15, 0.2) is 76.5 Å². The molecule has 5 rings (SSSR count). The lowest BCUT2D eigenvalue weighted by molar-refractivity contribution is -0.0743. The van der Waals surface area contributed by atoms with E-state index in [1.807, 2.05) is 24.3 Å². The van der Waals surface area contributed by atoms with Gasteiger partial charge in [-0.05, 0) is 42.0 Å². The summed E-state index contributed by atoms with van der Waals surface area (Å²) in [5.41, 5.74) is 3.76. The molecule has 10 heteroatoms. The van der Waals surface area contributed by atoms with Crippen molar-refractivity contribution in [1.29, 1.82) is 0 Å². The van der Waals surface area contributed by atoms with E-state index in [9.17, 15) is 9.90 Å². The highest BCUT2D eigenvalue weighted by molar-refractivity contribution is 6.02. The first kappa shape index (κ1) is 31.5. The van der Waals surface area contributed by atoms with Crippen molar-refractivity contribution in [3.05, 3.63) is 77.5 Å². The standard InChI is InChI=1S/C34H39NO9/c1-3-12-41-22-27-23-42-16-15-39-13-10-35(11-14-40-17-18-43-27)30-9-4-24(19-33(30)38-2)34-28-7-5-25(36)20-31(28)44-32-21-26(37)6-8-29(32)34/h3-9,19-21,27,36H,1,10-18,22-23H2,2H3. The van der Waals surface area contributed by atoms with Crippen LogP contribution in [0.3, 0.4) is 0 Å². The second-order valence-electron chi connectivity index (χ2n) is 10.3. The molecule has 3 aliphatic rings. The van der Waals surface area contributed by atoms with Gasteiger partial charge in [-0.25, -0.2) is 0 Å². The molecule has 234 valence electrons. The molecule has 1 saturated heterocycles. The van der Waals surface area contributed by atoms with Crippen molar-refractivity contribution in [1.82, 2.24) is 0 Å². The van der Waals surface area contributed by atoms with Gasteiger partial charge in [0.05, 0.1) is 72.3 Å². The fourth-order valence-corrected chi connectivity index (χ4v) is 5.20. The summed E-state index contributed by atoms with van der Waals surface area (Å²) in [5, 5.41) is 10.9. The van der Waals surface area contributed by atoms with Gasteiger partial charge in [0, 0.05) is 41.7 Å². The van der Waals surface area contributed by atoms with Crippen molar-refractivity contribution in [3.63, 3.8) is 0 Å². The molecule has 1 fully saturated rings. The summed E-state index contributed by atoms with van der Waals surface area (Å²) in [6, 6.07) is 15.8. The van der Waals surface area contributed by atoms with E-state index in [1.54, 1.807) is 31.4 Å². The molecular weight excluding hydrogens is 566 g/mol. The Bertz CT molecular complexity index is 1550. The summed E-state index contributed by atoms with van der Waals surface area (Å²) < 4.78 is 40.9. The molecule has 0 spiro atoms. The third-order valence-corrected chi connectivity index (χ3v) is 7.29. The van der Waals surface area contributed by atoms with Crippen molar-refractivity contribution < 1.29 is 37.9 Å². The van der Waals surface area contributed by atoms with Gasteiger partial charge in [0.2, 0.25) is 0 Å². The SMILES string of the molecule is C=CCOCC1COCCOCCN(c2ccc(-c3c4ccc(=O)cc-4oc4cc(O)ccc34)cc2OC)CCOCCO1. The molecule has 0 bridgehead atoms. The first-order chi connectivity index (χ1) is 21.6. The monoisotopic (exact) mass is 605 g/mol. The number of phenolic OH excluding ortho intramolecular Hbond substituents is 1. The highest BCUT2D eigenvalue weighted by Crippen LogP contribution is 2.43. The number of methoxy groups -OCH3 is 1. The molecule has 1 unspecified atom stereocenters. The second kappa shape index (κ2) is 15.7. The van der Waals surface area contributed by atoms with Crippen LogP contribution in [0.5, 0.6) is 11.5 Å². The van der Waals surface area contributed by atoms with E-state index in [1.165, 1.54) is 12.1 Å². The van der Waals surface area contributed by atoms with Crippen molar-refractivity contribution in [3.8, 4) is 33.9 Å². The average molecular weight is 606 g/mol. The third kappa shape index (κ3) is 7.96. The molecule has 0 saturated carbocycles. The Morgan fingerprint density at radius 1 is 0.955 bits per heavy atom. The van der Waals surface area contributed by atoms with Gasteiger partial charge in [-0.1, -0.05) is 12.1 Å². The number of hydrogen-bond donors (Lipinski definition) is 1. The van der Waals surface area contributed by atoms with E-state index < -0.39 is 0 Å². The van der Waals surface area contributed by atoms with Gasteiger partial charge in [0.15, 0.2) is 5.43 Å². The Labute approximate surface area is 256 Å². The Balaban J connectivity index is 1.38. The predicted molar refractivity (Wildman–Crippen MR) is 168 cm³/mol. The highest BCUT2D eigenvalue weighted by Gasteiger charge is 2.20. The van der Waals surface area contributed by atoms with Crippen LogP contribution in [0.25, 0.3) is 33.4 Å². The number of phenols is 1. The lowest BCUT2D eigenvalue weighted by Gasteiger charge is -2.27. The largest absolute Gasteiger partial charge is 0.508 e. The number of ether oxygens (including phenoxy) is 6. The fraction of sp³-hybridized carbons (Fsp3) is 0.382. The van der Waals surface area contributed by atoms with E-state index in [-0.39, 0.29) is 17.3 Å². The maximum Gasteiger partial charge on any atom is 0.182 e. The highest BCUT2D eigenvalue weighted by atomic mass is 16.6. The van der Waals surface area contributed by atoms with E-state index >= 15 is 0 Å². The number of anilines is 1. The van der Waals surface area contributed by atoms with Crippen LogP contribution in [0.2, 0.25) is 0 Å². The topological polar surface area (TPSA) is 109 Å². The molecule has 1 aliphatic carbocycles. The zero-order valence-electron chi connectivity index (χ0n) is 25.0. The summed E-state index contributed by atoms with van der Waals surface area (Å²) >= 11 is 0. The van der Waals surface area contributed by atoms with Gasteiger partial charge >= 0.3 is 0 Å². The Morgan fingerprint density at radius 2 is 1.75 bits per heavy atom. The van der Waals surface area contributed by atoms with E-state index in [4.69, 9.17) is 32.8 Å². The molecule has 1 N–H and O–H groups in total. The first-order valence-corrected chi connectivity index (χ1v) is 14.7. The molecule has 0 aromatic heterocycles. The van der Waals surface area contributed by atoms with Crippen LogP contribution in [-0.2, 0) is 23.7 Å². The lowest BCUT2D eigenvalue weighted by atomic mass is 9.93. The van der Waals surface area contributed by atoms with Crippen LogP contribution in [0.1, 0.15) is 0 Å². The zero-order chi connectivity index (χ0) is 30.7. The van der Waals surface area contributed by atoms with Crippen LogP contribution >= 0.6 is 0 Å². The number of fused-ring (bicyclic) bond motifs is 2. The average Bonchev–Trinajstić information content (AvgIpc) is 3.03. The van der Waals surface area contributed by atoms with Crippen molar-refractivity contribution >= 4 is 16.7 Å². The molecule has 0 radical (unpaired) electrons. The molecule has 2 heterocycles. The molecule has 2 aliphatic heterocycles. The van der Waals surface area contributed by atoms with Crippen LogP contribution in [-0.4, -0.2) is 90.9 Å². The Hall–Kier alpha value is -3.93. The second-order valence-corrected chi connectivity index (χ2v) is 10.3. The molecule has 10 nitrogen and oxygen atoms in total. The normalized spacial score (nSPS) is 17.7. The molecule has 0 amide bonds. The smallest absolute Gasteiger partial charge is 0.182 e. The fourth-order valence-electron chi connectivity index (χ4n) is 5.20. The molecule has 44 heavy (non-hydrogen) atoms. The van der Waals surface area contributed by atoms with Crippen molar-refractivity contribution in [2.75, 3.05) is 84.6 Å². The van der Waals surface area contributed by atoms with Gasteiger partial charge in [-0.3, -0.25) is 4.79 Å². The number of nitrogens with zero attached hydrogens (tertiary/aromatic N) is 1. The zero-order valence-corrected chi connectivity index (χ0v) is 25.0. The Morgan fingerprint density at radius 3 is 2.55 bits per heavy atom. The third-order valence-electron chi connectivity index (χ3n) is 7.29. The predicted octanol–water partition coefficient (Wildman–Crippen LogP) is 4.74. The van der Waals surface area contributed by atoms with Gasteiger partial charge in [0.1, 0.15) is 28.9 Å². The minimum Gasteiger partial charge on any atom is -0.508 e. The number of benzene rings is 3.